The first kappa shape index (κ1) is 17.8. The molecule has 0 aliphatic rings. The van der Waals surface area contributed by atoms with Gasteiger partial charge in [-0.1, -0.05) is 5.16 Å². The Morgan fingerprint density at radius 2 is 2.14 bits per heavy atom. The molecule has 1 aromatic rings. The van der Waals surface area contributed by atoms with Gasteiger partial charge in [-0.25, -0.2) is 0 Å². The highest BCUT2D eigenvalue weighted by Gasteiger charge is 2.14. The van der Waals surface area contributed by atoms with Gasteiger partial charge in [-0.3, -0.25) is 9.00 Å². The Morgan fingerprint density at radius 3 is 2.71 bits per heavy atom. The average molecular weight is 316 g/mol. The van der Waals surface area contributed by atoms with E-state index in [0.717, 1.165) is 17.7 Å². The molecule has 21 heavy (non-hydrogen) atoms. The molecule has 0 bridgehead atoms. The summed E-state index contributed by atoms with van der Waals surface area (Å²) in [5.41, 5.74) is 1.55. The summed E-state index contributed by atoms with van der Waals surface area (Å²) in [6.07, 6.45) is 0.948. The monoisotopic (exact) mass is 316 g/mol. The highest BCUT2D eigenvalue weighted by Crippen LogP contribution is 2.14. The Balaban J connectivity index is 2.24. The number of nitrogens with one attached hydrogen (secondary N) is 1. The first-order chi connectivity index (χ1) is 9.90. The van der Waals surface area contributed by atoms with Crippen molar-refractivity contribution in [2.24, 2.45) is 0 Å². The highest BCUT2D eigenvalue weighted by atomic mass is 32.2. The third-order valence-corrected chi connectivity index (χ3v) is 4.07. The summed E-state index contributed by atoms with van der Waals surface area (Å²) in [5, 5.41) is 6.55. The lowest BCUT2D eigenvalue weighted by molar-refractivity contribution is -0.118. The molecule has 0 saturated heterocycles. The molecule has 120 valence electrons. The van der Waals surface area contributed by atoms with Crippen LogP contribution in [0.4, 0.5) is 0 Å². The Morgan fingerprint density at radius 1 is 1.43 bits per heavy atom. The van der Waals surface area contributed by atoms with Crippen molar-refractivity contribution in [3.8, 4) is 0 Å². The molecule has 0 fully saturated rings. The predicted octanol–water partition coefficient (Wildman–Crippen LogP) is 1.47. The minimum atomic E-state index is -1.26. The number of amides is 1. The fraction of sp³-hybridized carbons (Fsp3) is 0.714. The van der Waals surface area contributed by atoms with E-state index in [-0.39, 0.29) is 17.8 Å². The molecule has 1 amide bonds. The van der Waals surface area contributed by atoms with Gasteiger partial charge < -0.3 is 14.6 Å². The van der Waals surface area contributed by atoms with Crippen LogP contribution in [0.5, 0.6) is 0 Å². The van der Waals surface area contributed by atoms with Crippen molar-refractivity contribution in [3.63, 3.8) is 0 Å². The number of hydrogen-bond donors (Lipinski definition) is 1. The quantitative estimate of drug-likeness (QED) is 0.698. The van der Waals surface area contributed by atoms with Gasteiger partial charge in [0.1, 0.15) is 11.5 Å². The number of ether oxygens (including phenoxy) is 1. The Labute approximate surface area is 128 Å². The van der Waals surface area contributed by atoms with Crippen LogP contribution in [0.3, 0.4) is 0 Å². The summed E-state index contributed by atoms with van der Waals surface area (Å²) in [5.74, 6) is 0.747. The zero-order chi connectivity index (χ0) is 15.8. The molecule has 1 heterocycles. The lowest BCUT2D eigenvalue weighted by Gasteiger charge is -2.08. The second-order valence-electron chi connectivity index (χ2n) is 5.15. The maximum Gasteiger partial charge on any atom is 0.232 e. The highest BCUT2D eigenvalue weighted by molar-refractivity contribution is 7.84. The second kappa shape index (κ2) is 8.94. The van der Waals surface area contributed by atoms with E-state index in [0.29, 0.717) is 24.7 Å². The predicted molar refractivity (Wildman–Crippen MR) is 81.4 cm³/mol. The third kappa shape index (κ3) is 6.86. The summed E-state index contributed by atoms with van der Waals surface area (Å²) in [4.78, 5) is 11.7. The van der Waals surface area contributed by atoms with Gasteiger partial charge >= 0.3 is 0 Å². The van der Waals surface area contributed by atoms with Crippen molar-refractivity contribution >= 4 is 16.7 Å². The lowest BCUT2D eigenvalue weighted by atomic mass is 10.2. The number of aromatic nitrogens is 1. The van der Waals surface area contributed by atoms with Crippen molar-refractivity contribution in [3.05, 3.63) is 17.0 Å². The Hall–Kier alpha value is -1.21. The molecular weight excluding hydrogens is 292 g/mol. The molecule has 6 nitrogen and oxygen atoms in total. The number of rotatable bonds is 9. The number of nitrogens with zero attached hydrogens (tertiary/aromatic N) is 1. The van der Waals surface area contributed by atoms with Crippen molar-refractivity contribution in [2.75, 3.05) is 18.9 Å². The smallest absolute Gasteiger partial charge is 0.232 e. The standard InChI is InChI=1S/C14H24N2O4S/c1-10(2)19-7-5-6-15-14(17)9-21(18)8-13-11(3)16-20-12(13)4/h10H,5-9H2,1-4H3,(H,15,17)/t21-/m0/s1. The molecule has 1 aromatic heterocycles. The van der Waals surface area contributed by atoms with Crippen LogP contribution in [0.1, 0.15) is 37.3 Å². The van der Waals surface area contributed by atoms with E-state index in [1.807, 2.05) is 13.8 Å². The topological polar surface area (TPSA) is 81.4 Å². The first-order valence-corrected chi connectivity index (χ1v) is 8.54. The van der Waals surface area contributed by atoms with Crippen molar-refractivity contribution in [1.82, 2.24) is 10.5 Å². The Kier molecular flexibility index (Phi) is 7.60. The summed E-state index contributed by atoms with van der Waals surface area (Å²) in [7, 11) is -1.26. The van der Waals surface area contributed by atoms with E-state index in [1.165, 1.54) is 0 Å². The molecule has 1 rings (SSSR count). The van der Waals surface area contributed by atoms with E-state index in [2.05, 4.69) is 10.5 Å². The minimum Gasteiger partial charge on any atom is -0.379 e. The van der Waals surface area contributed by atoms with Gasteiger partial charge in [0.2, 0.25) is 5.91 Å². The van der Waals surface area contributed by atoms with Gasteiger partial charge in [-0.05, 0) is 34.1 Å². The van der Waals surface area contributed by atoms with Crippen molar-refractivity contribution in [1.29, 1.82) is 0 Å². The van der Waals surface area contributed by atoms with E-state index in [4.69, 9.17) is 9.26 Å². The molecule has 0 unspecified atom stereocenters. The van der Waals surface area contributed by atoms with Crippen molar-refractivity contribution in [2.45, 2.75) is 46.0 Å². The summed E-state index contributed by atoms with van der Waals surface area (Å²) in [6.45, 7) is 8.67. The maximum atomic E-state index is 12.0. The van der Waals surface area contributed by atoms with Crippen LogP contribution in [0.15, 0.2) is 4.52 Å². The molecule has 1 atom stereocenters. The van der Waals surface area contributed by atoms with Gasteiger partial charge in [-0.2, -0.15) is 0 Å². The van der Waals surface area contributed by atoms with Gasteiger partial charge in [0.15, 0.2) is 0 Å². The average Bonchev–Trinajstić information content (AvgIpc) is 2.69. The molecule has 1 N–H and O–H groups in total. The number of carbonyl (C=O) groups excluding carboxylic acids is 1. The summed E-state index contributed by atoms with van der Waals surface area (Å²) < 4.78 is 22.3. The molecule has 0 spiro atoms. The van der Waals surface area contributed by atoms with Gasteiger partial charge in [0, 0.05) is 29.5 Å². The first-order valence-electron chi connectivity index (χ1n) is 7.05. The Bertz CT molecular complexity index is 466. The van der Waals surface area contributed by atoms with E-state index in [9.17, 15) is 9.00 Å². The molecule has 0 aromatic carbocycles. The van der Waals surface area contributed by atoms with Crippen LogP contribution in [0.25, 0.3) is 0 Å². The molecule has 0 radical (unpaired) electrons. The van der Waals surface area contributed by atoms with E-state index >= 15 is 0 Å². The van der Waals surface area contributed by atoms with Crippen LogP contribution < -0.4 is 5.32 Å². The zero-order valence-electron chi connectivity index (χ0n) is 13.1. The van der Waals surface area contributed by atoms with Crippen LogP contribution in [-0.2, 0) is 26.1 Å². The number of aryl methyl sites for hydroxylation is 2. The molecule has 0 aliphatic carbocycles. The molecule has 0 saturated carbocycles. The third-order valence-electron chi connectivity index (χ3n) is 2.87. The van der Waals surface area contributed by atoms with E-state index in [1.54, 1.807) is 13.8 Å². The summed E-state index contributed by atoms with van der Waals surface area (Å²) in [6, 6.07) is 0. The SMILES string of the molecule is Cc1noc(C)c1C[S@](=O)CC(=O)NCCCOC(C)C. The lowest BCUT2D eigenvalue weighted by Crippen LogP contribution is -2.30. The van der Waals surface area contributed by atoms with Gasteiger partial charge in [-0.15, -0.1) is 0 Å². The molecule has 7 heteroatoms. The van der Waals surface area contributed by atoms with Crippen LogP contribution >= 0.6 is 0 Å². The fourth-order valence-corrected chi connectivity index (χ4v) is 2.97. The zero-order valence-corrected chi connectivity index (χ0v) is 13.9. The number of carbonyl (C=O) groups is 1. The fourth-order valence-electron chi connectivity index (χ4n) is 1.74. The van der Waals surface area contributed by atoms with Gasteiger partial charge in [0.25, 0.3) is 0 Å². The maximum absolute atomic E-state index is 12.0. The second-order valence-corrected chi connectivity index (χ2v) is 6.61. The van der Waals surface area contributed by atoms with Gasteiger partial charge in [0.05, 0.1) is 17.6 Å². The largest absolute Gasteiger partial charge is 0.379 e. The van der Waals surface area contributed by atoms with E-state index < -0.39 is 10.8 Å². The van der Waals surface area contributed by atoms with Crippen LogP contribution in [0, 0.1) is 13.8 Å². The normalized spacial score (nSPS) is 12.6. The van der Waals surface area contributed by atoms with Crippen molar-refractivity contribution < 1.29 is 18.3 Å². The molecular formula is C14H24N2O4S. The summed E-state index contributed by atoms with van der Waals surface area (Å²) >= 11 is 0. The van der Waals surface area contributed by atoms with Crippen LogP contribution in [0.2, 0.25) is 0 Å². The minimum absolute atomic E-state index is 0.00486. The number of hydrogen-bond acceptors (Lipinski definition) is 5. The van der Waals surface area contributed by atoms with Crippen LogP contribution in [-0.4, -0.2) is 40.3 Å². The molecule has 0 aliphatic heterocycles.